The zero-order valence-electron chi connectivity index (χ0n) is 17.6. The first-order chi connectivity index (χ1) is 15.3. The van der Waals surface area contributed by atoms with E-state index in [0.29, 0.717) is 18.9 Å². The van der Waals surface area contributed by atoms with Crippen molar-refractivity contribution in [1.29, 1.82) is 0 Å². The fraction of sp³-hybridized carbons (Fsp3) is 0.619. The Hall–Kier alpha value is -2.78. The number of aromatic nitrogens is 4. The van der Waals surface area contributed by atoms with E-state index in [-0.39, 0.29) is 28.7 Å². The monoisotopic (exact) mass is 442 g/mol. The Morgan fingerprint density at radius 3 is 2.88 bits per heavy atom. The second-order valence-corrected chi connectivity index (χ2v) is 8.83. The molecule has 2 aromatic rings. The SMILES string of the molecule is CCNC(=O)[C@H]1O[C@@H](n2cnc3c(N)nc(C#CC4(O)CC5CCC4C5)nc32)[C@H](O)[C@@H]1O. The fourth-order valence-corrected chi connectivity index (χ4v) is 5.18. The van der Waals surface area contributed by atoms with Crippen LogP contribution < -0.4 is 11.1 Å². The third-order valence-electron chi connectivity index (χ3n) is 6.78. The van der Waals surface area contributed by atoms with Crippen LogP contribution in [0.1, 0.15) is 44.7 Å². The number of aliphatic hydroxyl groups excluding tert-OH is 2. The van der Waals surface area contributed by atoms with Crippen molar-refractivity contribution in [2.45, 2.75) is 62.7 Å². The van der Waals surface area contributed by atoms with Crippen LogP contribution in [0.25, 0.3) is 11.2 Å². The van der Waals surface area contributed by atoms with Gasteiger partial charge in [-0.05, 0) is 50.4 Å². The van der Waals surface area contributed by atoms with Crippen molar-refractivity contribution < 1.29 is 24.9 Å². The molecule has 7 atom stereocenters. The molecular weight excluding hydrogens is 416 g/mol. The predicted molar refractivity (Wildman–Crippen MR) is 112 cm³/mol. The van der Waals surface area contributed by atoms with Gasteiger partial charge in [-0.3, -0.25) is 9.36 Å². The number of nitrogens with one attached hydrogen (secondary N) is 1. The molecule has 0 aromatic carbocycles. The van der Waals surface area contributed by atoms with Crippen LogP contribution >= 0.6 is 0 Å². The highest BCUT2D eigenvalue weighted by Gasteiger charge is 2.49. The van der Waals surface area contributed by atoms with E-state index in [1.165, 1.54) is 10.9 Å². The van der Waals surface area contributed by atoms with Crippen molar-refractivity contribution in [3.8, 4) is 11.8 Å². The average Bonchev–Trinajstić information content (AvgIpc) is 3.51. The molecule has 2 aromatic heterocycles. The molecule has 1 saturated heterocycles. The number of nitrogens with two attached hydrogens (primary N) is 1. The van der Waals surface area contributed by atoms with Gasteiger partial charge in [0.2, 0.25) is 5.82 Å². The Morgan fingerprint density at radius 2 is 2.19 bits per heavy atom. The van der Waals surface area contributed by atoms with Gasteiger partial charge in [-0.15, -0.1) is 0 Å². The molecular formula is C21H26N6O5. The lowest BCUT2D eigenvalue weighted by atomic mass is 9.85. The number of fused-ring (bicyclic) bond motifs is 3. The van der Waals surface area contributed by atoms with Gasteiger partial charge in [-0.1, -0.05) is 5.92 Å². The number of carbonyl (C=O) groups is 1. The number of aliphatic hydroxyl groups is 3. The van der Waals surface area contributed by atoms with Gasteiger partial charge in [0, 0.05) is 6.54 Å². The number of likely N-dealkylation sites (N-methyl/N-ethyl adjacent to an activating group) is 1. The van der Waals surface area contributed by atoms with Crippen molar-refractivity contribution in [3.63, 3.8) is 0 Å². The zero-order valence-corrected chi connectivity index (χ0v) is 17.6. The summed E-state index contributed by atoms with van der Waals surface area (Å²) in [6, 6.07) is 0. The summed E-state index contributed by atoms with van der Waals surface area (Å²) >= 11 is 0. The number of imidazole rings is 1. The van der Waals surface area contributed by atoms with Gasteiger partial charge in [-0.25, -0.2) is 15.0 Å². The van der Waals surface area contributed by atoms with Crippen LogP contribution in [0.5, 0.6) is 0 Å². The molecule has 170 valence electrons. The van der Waals surface area contributed by atoms with Crippen molar-refractivity contribution in [2.75, 3.05) is 12.3 Å². The minimum atomic E-state index is -1.42. The number of ether oxygens (including phenoxy) is 1. The van der Waals surface area contributed by atoms with Crippen molar-refractivity contribution in [3.05, 3.63) is 12.2 Å². The normalized spacial score (nSPS) is 35.8. The molecule has 1 amide bonds. The smallest absolute Gasteiger partial charge is 0.252 e. The quantitative estimate of drug-likeness (QED) is 0.377. The summed E-state index contributed by atoms with van der Waals surface area (Å²) in [5, 5.41) is 34.3. The Bertz CT molecular complexity index is 1130. The minimum Gasteiger partial charge on any atom is -0.387 e. The van der Waals surface area contributed by atoms with Crippen LogP contribution in [0.2, 0.25) is 0 Å². The predicted octanol–water partition coefficient (Wildman–Crippen LogP) is -0.934. The van der Waals surface area contributed by atoms with Crippen molar-refractivity contribution in [1.82, 2.24) is 24.8 Å². The molecule has 11 nitrogen and oxygen atoms in total. The highest BCUT2D eigenvalue weighted by atomic mass is 16.6. The van der Waals surface area contributed by atoms with Crippen LogP contribution in [-0.2, 0) is 9.53 Å². The van der Waals surface area contributed by atoms with Crippen LogP contribution in [0.3, 0.4) is 0 Å². The standard InChI is InChI=1S/C21H26N6O5/c1-2-23-19(30)16-14(28)15(29)20(32-16)27-9-24-13-17(22)25-12(26-18(13)27)5-6-21(31)8-10-3-4-11(21)7-10/h9-11,14-16,20,28-29,31H,2-4,7-8H2,1H3,(H,23,30)(H2,22,25,26)/t10?,11?,14-,15+,16-,20+,21?/m0/s1. The molecule has 11 heteroatoms. The fourth-order valence-electron chi connectivity index (χ4n) is 5.18. The molecule has 5 rings (SSSR count). The third kappa shape index (κ3) is 3.31. The Morgan fingerprint density at radius 1 is 1.38 bits per heavy atom. The van der Waals surface area contributed by atoms with Crippen LogP contribution in [0.4, 0.5) is 5.82 Å². The second kappa shape index (κ2) is 7.67. The third-order valence-corrected chi connectivity index (χ3v) is 6.78. The van der Waals surface area contributed by atoms with E-state index in [1.54, 1.807) is 6.92 Å². The Balaban J connectivity index is 1.47. The zero-order chi connectivity index (χ0) is 22.6. The molecule has 3 aliphatic rings. The van der Waals surface area contributed by atoms with Gasteiger partial charge in [0.25, 0.3) is 5.91 Å². The Labute approximate surface area is 184 Å². The molecule has 3 unspecified atom stereocenters. The number of rotatable bonds is 3. The van der Waals surface area contributed by atoms with E-state index < -0.39 is 36.0 Å². The van der Waals surface area contributed by atoms with Crippen molar-refractivity contribution in [2.24, 2.45) is 11.8 Å². The molecule has 0 spiro atoms. The lowest BCUT2D eigenvalue weighted by Crippen LogP contribution is -2.42. The summed E-state index contributed by atoms with van der Waals surface area (Å²) in [5.74, 6) is 6.17. The summed E-state index contributed by atoms with van der Waals surface area (Å²) < 4.78 is 7.06. The molecule has 2 aliphatic carbocycles. The molecule has 2 saturated carbocycles. The van der Waals surface area contributed by atoms with E-state index in [9.17, 15) is 20.1 Å². The van der Waals surface area contributed by atoms with Crippen LogP contribution in [0.15, 0.2) is 6.33 Å². The number of hydrogen-bond acceptors (Lipinski definition) is 9. The maximum absolute atomic E-state index is 12.2. The number of anilines is 1. The van der Waals surface area contributed by atoms with E-state index >= 15 is 0 Å². The summed E-state index contributed by atoms with van der Waals surface area (Å²) in [6.07, 6.45) is -0.0440. The van der Waals surface area contributed by atoms with E-state index in [2.05, 4.69) is 32.1 Å². The first kappa shape index (κ1) is 21.1. The van der Waals surface area contributed by atoms with Gasteiger partial charge >= 0.3 is 0 Å². The van der Waals surface area contributed by atoms with Crippen LogP contribution in [0, 0.1) is 23.7 Å². The first-order valence-corrected chi connectivity index (χ1v) is 10.9. The van der Waals surface area contributed by atoms with E-state index in [1.807, 2.05) is 0 Å². The van der Waals surface area contributed by atoms with Gasteiger partial charge < -0.3 is 31.1 Å². The largest absolute Gasteiger partial charge is 0.387 e. The molecule has 32 heavy (non-hydrogen) atoms. The number of nitrogen functional groups attached to an aromatic ring is 1. The number of nitrogens with zero attached hydrogens (tertiary/aromatic N) is 4. The highest BCUT2D eigenvalue weighted by molar-refractivity contribution is 5.83. The Kier molecular flexibility index (Phi) is 5.05. The number of carbonyl (C=O) groups excluding carboxylic acids is 1. The lowest BCUT2D eigenvalue weighted by Gasteiger charge is -2.26. The molecule has 3 fully saturated rings. The molecule has 1 aliphatic heterocycles. The van der Waals surface area contributed by atoms with Gasteiger partial charge in [0.05, 0.1) is 6.33 Å². The molecule has 6 N–H and O–H groups in total. The first-order valence-electron chi connectivity index (χ1n) is 10.9. The molecule has 2 bridgehead atoms. The summed E-state index contributed by atoms with van der Waals surface area (Å²) in [6.45, 7) is 2.10. The van der Waals surface area contributed by atoms with Crippen LogP contribution in [-0.4, -0.2) is 71.2 Å². The number of hydrogen-bond donors (Lipinski definition) is 5. The topological polar surface area (TPSA) is 169 Å². The molecule has 0 radical (unpaired) electrons. The van der Waals surface area contributed by atoms with Gasteiger partial charge in [0.1, 0.15) is 23.3 Å². The molecule has 3 heterocycles. The summed E-state index contributed by atoms with van der Waals surface area (Å²) in [4.78, 5) is 25.0. The van der Waals surface area contributed by atoms with Gasteiger partial charge in [-0.2, -0.15) is 0 Å². The van der Waals surface area contributed by atoms with E-state index in [4.69, 9.17) is 10.5 Å². The number of amides is 1. The summed E-state index contributed by atoms with van der Waals surface area (Å²) in [7, 11) is 0. The van der Waals surface area contributed by atoms with E-state index in [0.717, 1.165) is 19.3 Å². The summed E-state index contributed by atoms with van der Waals surface area (Å²) in [5.41, 5.74) is 5.54. The second-order valence-electron chi connectivity index (χ2n) is 8.83. The minimum absolute atomic E-state index is 0.0892. The maximum atomic E-state index is 12.2. The average molecular weight is 442 g/mol. The highest BCUT2D eigenvalue weighted by Crippen LogP contribution is 2.50. The maximum Gasteiger partial charge on any atom is 0.252 e. The van der Waals surface area contributed by atoms with Crippen molar-refractivity contribution >= 4 is 22.9 Å². The van der Waals surface area contributed by atoms with Gasteiger partial charge in [0.15, 0.2) is 23.8 Å². The lowest BCUT2D eigenvalue weighted by molar-refractivity contribution is -0.137.